The van der Waals surface area contributed by atoms with Gasteiger partial charge in [-0.2, -0.15) is 0 Å². The van der Waals surface area contributed by atoms with Gasteiger partial charge in [-0.05, 0) is 41.4 Å². The Morgan fingerprint density at radius 3 is 2.20 bits per heavy atom. The summed E-state index contributed by atoms with van der Waals surface area (Å²) < 4.78 is 21.3. The van der Waals surface area contributed by atoms with Crippen molar-refractivity contribution in [2.24, 2.45) is 0 Å². The SMILES string of the molecule is O=C1C=CC(=O)c2cc(S(=O)[O-])ccc21. The smallest absolute Gasteiger partial charge is 0.186 e. The molecule has 0 spiro atoms. The summed E-state index contributed by atoms with van der Waals surface area (Å²) in [7, 11) is 0. The van der Waals surface area contributed by atoms with E-state index in [4.69, 9.17) is 0 Å². The first-order valence-electron chi connectivity index (χ1n) is 4.09. The fraction of sp³-hybridized carbons (Fsp3) is 0. The van der Waals surface area contributed by atoms with Crippen molar-refractivity contribution in [1.82, 2.24) is 0 Å². The normalized spacial score (nSPS) is 16.3. The van der Waals surface area contributed by atoms with Gasteiger partial charge in [-0.15, -0.1) is 0 Å². The zero-order chi connectivity index (χ0) is 11.0. The van der Waals surface area contributed by atoms with E-state index in [9.17, 15) is 18.4 Å². The van der Waals surface area contributed by atoms with Crippen molar-refractivity contribution in [2.45, 2.75) is 4.90 Å². The lowest BCUT2D eigenvalue weighted by Crippen LogP contribution is -2.12. The third-order valence-electron chi connectivity index (χ3n) is 2.10. The van der Waals surface area contributed by atoms with Gasteiger partial charge < -0.3 is 4.55 Å². The molecule has 0 fully saturated rings. The van der Waals surface area contributed by atoms with E-state index in [-0.39, 0.29) is 27.6 Å². The molecule has 0 bridgehead atoms. The largest absolute Gasteiger partial charge is 0.768 e. The number of allylic oxidation sites excluding steroid dienone is 2. The number of carbonyl (C=O) groups excluding carboxylic acids is 2. The summed E-state index contributed by atoms with van der Waals surface area (Å²) in [6.45, 7) is 0. The molecule has 4 nitrogen and oxygen atoms in total. The molecule has 15 heavy (non-hydrogen) atoms. The van der Waals surface area contributed by atoms with Gasteiger partial charge in [0.1, 0.15) is 0 Å². The summed E-state index contributed by atoms with van der Waals surface area (Å²) in [5.41, 5.74) is 0.390. The molecule has 1 aromatic rings. The van der Waals surface area contributed by atoms with E-state index in [0.29, 0.717) is 0 Å². The maximum atomic E-state index is 11.4. The highest BCUT2D eigenvalue weighted by molar-refractivity contribution is 7.79. The lowest BCUT2D eigenvalue weighted by Gasteiger charge is -2.11. The number of hydrogen-bond donors (Lipinski definition) is 0. The van der Waals surface area contributed by atoms with E-state index < -0.39 is 11.1 Å². The van der Waals surface area contributed by atoms with Crippen molar-refractivity contribution in [3.05, 3.63) is 41.5 Å². The van der Waals surface area contributed by atoms with Crippen LogP contribution < -0.4 is 0 Å². The number of benzene rings is 1. The minimum absolute atomic E-state index is 0.00481. The van der Waals surface area contributed by atoms with Crippen molar-refractivity contribution >= 4 is 22.6 Å². The molecule has 0 amide bonds. The lowest BCUT2D eigenvalue weighted by molar-refractivity contribution is 0.0994. The van der Waals surface area contributed by atoms with Crippen molar-refractivity contribution < 1.29 is 18.4 Å². The molecular weight excluding hydrogens is 216 g/mol. The molecule has 2 rings (SSSR count). The molecule has 76 valence electrons. The Morgan fingerprint density at radius 2 is 1.60 bits per heavy atom. The van der Waals surface area contributed by atoms with Crippen molar-refractivity contribution in [2.75, 3.05) is 0 Å². The second kappa shape index (κ2) is 3.52. The minimum atomic E-state index is -2.39. The molecule has 1 aliphatic carbocycles. The molecule has 1 unspecified atom stereocenters. The van der Waals surface area contributed by atoms with Gasteiger partial charge in [0, 0.05) is 16.0 Å². The van der Waals surface area contributed by atoms with E-state index in [1.165, 1.54) is 24.3 Å². The second-order valence-corrected chi connectivity index (χ2v) is 3.94. The number of carbonyl (C=O) groups is 2. The predicted octanol–water partition coefficient (Wildman–Crippen LogP) is 0.860. The standard InChI is InChI=1S/C10H6O4S/c11-9-3-4-10(12)8-5-6(15(13)14)1-2-7(8)9/h1-5H,(H,13,14)/p-1. The van der Waals surface area contributed by atoms with Crippen LogP contribution in [0, 0.1) is 0 Å². The molecule has 1 atom stereocenters. The van der Waals surface area contributed by atoms with Gasteiger partial charge in [-0.25, -0.2) is 0 Å². The van der Waals surface area contributed by atoms with Crippen LogP contribution in [-0.2, 0) is 11.1 Å². The molecule has 0 saturated carbocycles. The summed E-state index contributed by atoms with van der Waals surface area (Å²) >= 11 is -2.39. The van der Waals surface area contributed by atoms with Gasteiger partial charge in [-0.1, -0.05) is 0 Å². The monoisotopic (exact) mass is 221 g/mol. The molecule has 0 aromatic heterocycles. The van der Waals surface area contributed by atoms with Crippen molar-refractivity contribution in [3.63, 3.8) is 0 Å². The molecule has 5 heteroatoms. The summed E-state index contributed by atoms with van der Waals surface area (Å²) in [6, 6.07) is 3.86. The predicted molar refractivity (Wildman–Crippen MR) is 51.4 cm³/mol. The summed E-state index contributed by atoms with van der Waals surface area (Å²) in [4.78, 5) is 22.7. The van der Waals surface area contributed by atoms with Gasteiger partial charge in [0.25, 0.3) is 0 Å². The molecule has 0 aliphatic heterocycles. The molecule has 0 N–H and O–H groups in total. The van der Waals surface area contributed by atoms with Crippen LogP contribution in [0.5, 0.6) is 0 Å². The average molecular weight is 221 g/mol. The Bertz CT molecular complexity index is 516. The highest BCUT2D eigenvalue weighted by atomic mass is 32.2. The Hall–Kier alpha value is -1.59. The Labute approximate surface area is 87.9 Å². The Morgan fingerprint density at radius 1 is 1.00 bits per heavy atom. The zero-order valence-electron chi connectivity index (χ0n) is 7.43. The van der Waals surface area contributed by atoms with Gasteiger partial charge in [-0.3, -0.25) is 13.8 Å². The summed E-state index contributed by atoms with van der Waals surface area (Å²) in [5.74, 6) is -0.635. The van der Waals surface area contributed by atoms with Crippen LogP contribution in [0.25, 0.3) is 0 Å². The van der Waals surface area contributed by atoms with Crippen LogP contribution >= 0.6 is 0 Å². The van der Waals surface area contributed by atoms with Crippen LogP contribution in [0.3, 0.4) is 0 Å². The van der Waals surface area contributed by atoms with Gasteiger partial charge in [0.05, 0.1) is 0 Å². The van der Waals surface area contributed by atoms with E-state index in [1.54, 1.807) is 0 Å². The number of ketones is 2. The maximum Gasteiger partial charge on any atom is 0.186 e. The maximum absolute atomic E-state index is 11.4. The first-order chi connectivity index (χ1) is 7.09. The summed E-state index contributed by atoms with van der Waals surface area (Å²) in [6.07, 6.45) is 2.32. The molecule has 0 radical (unpaired) electrons. The fourth-order valence-electron chi connectivity index (χ4n) is 1.38. The average Bonchev–Trinajstić information content (AvgIpc) is 2.23. The minimum Gasteiger partial charge on any atom is -0.768 e. The highest BCUT2D eigenvalue weighted by Crippen LogP contribution is 2.19. The number of rotatable bonds is 1. The Kier molecular flexibility index (Phi) is 2.34. The van der Waals surface area contributed by atoms with Gasteiger partial charge in [0.15, 0.2) is 11.6 Å². The van der Waals surface area contributed by atoms with E-state index in [0.717, 1.165) is 6.08 Å². The van der Waals surface area contributed by atoms with Gasteiger partial charge >= 0.3 is 0 Å². The number of fused-ring (bicyclic) bond motifs is 1. The second-order valence-electron chi connectivity index (χ2n) is 3.00. The molecule has 0 heterocycles. The molecule has 1 aromatic carbocycles. The molecular formula is C10H5O4S-. The first kappa shape index (κ1) is 9.95. The van der Waals surface area contributed by atoms with E-state index >= 15 is 0 Å². The quantitative estimate of drug-likeness (QED) is 0.659. The van der Waals surface area contributed by atoms with Crippen LogP contribution in [0.1, 0.15) is 20.7 Å². The lowest BCUT2D eigenvalue weighted by atomic mass is 9.95. The third kappa shape index (κ3) is 1.67. The fourth-order valence-corrected chi connectivity index (χ4v) is 1.77. The van der Waals surface area contributed by atoms with Gasteiger partial charge in [0.2, 0.25) is 0 Å². The Balaban J connectivity index is 2.63. The van der Waals surface area contributed by atoms with Crippen LogP contribution in [0.2, 0.25) is 0 Å². The van der Waals surface area contributed by atoms with Crippen molar-refractivity contribution in [3.8, 4) is 0 Å². The number of hydrogen-bond acceptors (Lipinski definition) is 4. The topological polar surface area (TPSA) is 74.3 Å². The first-order valence-corrected chi connectivity index (χ1v) is 5.17. The zero-order valence-corrected chi connectivity index (χ0v) is 8.24. The van der Waals surface area contributed by atoms with Crippen LogP contribution in [-0.4, -0.2) is 20.3 Å². The molecule has 0 saturated heterocycles. The van der Waals surface area contributed by atoms with E-state index in [2.05, 4.69) is 0 Å². The van der Waals surface area contributed by atoms with Crippen LogP contribution in [0.15, 0.2) is 35.2 Å². The highest BCUT2D eigenvalue weighted by Gasteiger charge is 2.18. The molecule has 1 aliphatic rings. The van der Waals surface area contributed by atoms with E-state index in [1.807, 2.05) is 0 Å². The van der Waals surface area contributed by atoms with Crippen molar-refractivity contribution in [1.29, 1.82) is 0 Å². The van der Waals surface area contributed by atoms with Crippen LogP contribution in [0.4, 0.5) is 0 Å². The third-order valence-corrected chi connectivity index (χ3v) is 2.74. The summed E-state index contributed by atoms with van der Waals surface area (Å²) in [5, 5.41) is 0.